The Morgan fingerprint density at radius 1 is 0.532 bits per heavy atom. The third kappa shape index (κ3) is 20.5. The highest BCUT2D eigenvalue weighted by Gasteiger charge is 2.37. The van der Waals surface area contributed by atoms with Gasteiger partial charge in [-0.1, -0.05) is 91.0 Å². The summed E-state index contributed by atoms with van der Waals surface area (Å²) in [4.78, 5) is 35.4. The second kappa shape index (κ2) is 32.1. The number of benzene rings is 4. The zero-order valence-corrected chi connectivity index (χ0v) is 52.4. The molecule has 0 radical (unpaired) electrons. The molecule has 3 saturated carbocycles. The summed E-state index contributed by atoms with van der Waals surface area (Å²) < 4.78 is 158. The zero-order chi connectivity index (χ0) is 67.9. The highest BCUT2D eigenvalue weighted by atomic mass is 35.5. The quantitative estimate of drug-likeness (QED) is 0.0473. The van der Waals surface area contributed by atoms with Gasteiger partial charge in [0.15, 0.2) is 0 Å². The van der Waals surface area contributed by atoms with Gasteiger partial charge in [0.25, 0.3) is 11.8 Å². The molecule has 0 saturated heterocycles. The van der Waals surface area contributed by atoms with Crippen LogP contribution in [0.4, 0.5) is 39.5 Å². The molecule has 0 bridgehead atoms. The molecule has 7 aromatic rings. The van der Waals surface area contributed by atoms with Crippen LogP contribution in [-0.2, 0) is 16.0 Å². The molecule has 3 N–H and O–H groups in total. The molecule has 508 valence electrons. The molecule has 0 atom stereocenters. The van der Waals surface area contributed by atoms with Crippen molar-refractivity contribution in [3.8, 4) is 40.6 Å². The summed E-state index contributed by atoms with van der Waals surface area (Å²) in [7, 11) is 1.59. The summed E-state index contributed by atoms with van der Waals surface area (Å²) in [5.74, 6) is -2.35. The lowest BCUT2D eigenvalue weighted by Crippen LogP contribution is -2.25. The van der Waals surface area contributed by atoms with E-state index in [-0.39, 0.29) is 99.1 Å². The first-order chi connectivity index (χ1) is 44.7. The molecule has 4 aromatic carbocycles. The molecule has 0 aliphatic heterocycles. The maximum absolute atomic E-state index is 12.5. The molecule has 34 heteroatoms. The van der Waals surface area contributed by atoms with Crippen LogP contribution < -0.4 is 33.2 Å². The van der Waals surface area contributed by atoms with E-state index >= 15 is 0 Å². The number of aromatic nitrogens is 9. The lowest BCUT2D eigenvalue weighted by atomic mass is 9.82. The Balaban J connectivity index is 0.000000184. The summed E-state index contributed by atoms with van der Waals surface area (Å²) in [6.45, 7) is 4.13. The van der Waals surface area contributed by atoms with E-state index in [4.69, 9.17) is 68.3 Å². The molecule has 0 spiro atoms. The summed E-state index contributed by atoms with van der Waals surface area (Å²) in [5, 5.41) is 36.1. The predicted octanol–water partition coefficient (Wildman–Crippen LogP) is 15.0. The fourth-order valence-electron chi connectivity index (χ4n) is 10.8. The van der Waals surface area contributed by atoms with Crippen molar-refractivity contribution in [2.45, 2.75) is 153 Å². The van der Waals surface area contributed by atoms with Crippen molar-refractivity contribution >= 4 is 52.7 Å². The molecule has 0 amide bonds. The molecule has 3 fully saturated rings. The van der Waals surface area contributed by atoms with Crippen molar-refractivity contribution in [1.29, 1.82) is 0 Å². The smallest absolute Gasteiger partial charge is 0.497 e. The Hall–Kier alpha value is -8.45. The summed E-state index contributed by atoms with van der Waals surface area (Å²) in [6.07, 6.45) is -6.71. The van der Waals surface area contributed by atoms with Crippen molar-refractivity contribution < 1.29 is 102 Å². The predicted molar refractivity (Wildman–Crippen MR) is 315 cm³/mol. The van der Waals surface area contributed by atoms with Gasteiger partial charge in [0.05, 0.1) is 41.9 Å². The van der Waals surface area contributed by atoms with E-state index in [9.17, 15) is 53.9 Å². The third-order valence-corrected chi connectivity index (χ3v) is 16.1. The SMILES string of the molecule is CCOC(=O)c1[nH]nnc1OC1CCC(c2ccc(OC(F)(F)F)c(Cl)c2)CC1.CCOC(=O)c1nnn(Cc2ccc(OC)cc2)c1OC1CCC(c2ccc(OC(F)(F)F)c(Cl)c2)CC1.O=C(O)c1[nH]nnc1OC1CCC(c2ccc(OC(F)(F)F)c(Cl)c2)CC1. The average Bonchev–Trinajstić information content (AvgIpc) is 1.69. The Bertz CT molecular complexity index is 3650. The first-order valence-corrected chi connectivity index (χ1v) is 30.4. The number of aromatic carboxylic acids is 1. The maximum Gasteiger partial charge on any atom is 0.573 e. The van der Waals surface area contributed by atoms with E-state index in [1.165, 1.54) is 41.1 Å². The standard InChI is InChI=1S/C26H27ClF3N3O5.C18H19ClF3N3O4.C16H15ClF3N3O4/c1-3-36-25(34)23-24(33(32-31-23)15-16-4-9-19(35-2)10-5-16)37-20-11-6-17(7-12-20)18-8-13-22(21(27)14-18)38-26(28,29)30;1-2-27-17(26)15-16(24-25-23-15)28-12-6-3-10(4-7-12)11-5-8-14(13(19)9-11)29-18(20,21)22;17-11-7-9(3-6-12(11)27-16(18,19)20)8-1-4-10(5-2-8)26-14-13(15(24)25)21-23-22-14/h4-5,8-10,13-14,17,20H,3,6-7,11-12,15H2,1-2H3;5,8-10,12H,2-4,6-7H2,1H3,(H,23,24,25);3,6-8,10H,1-2,4-5H2,(H,24,25)(H,21,22,23). The molecule has 3 aliphatic rings. The van der Waals surface area contributed by atoms with Gasteiger partial charge in [-0.3, -0.25) is 0 Å². The lowest BCUT2D eigenvalue weighted by molar-refractivity contribution is -0.275. The first-order valence-electron chi connectivity index (χ1n) is 29.3. The van der Waals surface area contributed by atoms with Crippen LogP contribution in [0.2, 0.25) is 15.1 Å². The number of nitrogens with zero attached hydrogens (tertiary/aromatic N) is 7. The van der Waals surface area contributed by atoms with Crippen molar-refractivity contribution in [1.82, 2.24) is 45.8 Å². The molecule has 10 rings (SSSR count). The monoisotopic (exact) mass is 1390 g/mol. The van der Waals surface area contributed by atoms with E-state index in [1.807, 2.05) is 24.3 Å². The number of ether oxygens (including phenoxy) is 9. The Morgan fingerprint density at radius 3 is 1.29 bits per heavy atom. The molecule has 3 aliphatic carbocycles. The van der Waals surface area contributed by atoms with Gasteiger partial charge >= 0.3 is 37.0 Å². The van der Waals surface area contributed by atoms with Crippen molar-refractivity contribution in [3.63, 3.8) is 0 Å². The van der Waals surface area contributed by atoms with Crippen LogP contribution in [0.3, 0.4) is 0 Å². The number of carbonyl (C=O) groups is 3. The highest BCUT2D eigenvalue weighted by molar-refractivity contribution is 6.32. The summed E-state index contributed by atoms with van der Waals surface area (Å²) >= 11 is 17.9. The Kier molecular flexibility index (Phi) is 24.4. The van der Waals surface area contributed by atoms with Crippen LogP contribution in [0.25, 0.3) is 0 Å². The Labute approximate surface area is 544 Å². The number of hydrogen-bond acceptors (Lipinski definition) is 18. The topological polar surface area (TPSA) is 268 Å². The van der Waals surface area contributed by atoms with Gasteiger partial charge in [0.2, 0.25) is 23.0 Å². The number of esters is 2. The summed E-state index contributed by atoms with van der Waals surface area (Å²) in [6, 6.07) is 20.4. The van der Waals surface area contributed by atoms with Crippen LogP contribution in [0, 0.1) is 0 Å². The first kappa shape index (κ1) is 71.4. The van der Waals surface area contributed by atoms with E-state index in [0.29, 0.717) is 57.9 Å². The maximum atomic E-state index is 12.5. The molecular weight excluding hydrogens is 1330 g/mol. The zero-order valence-electron chi connectivity index (χ0n) is 50.1. The van der Waals surface area contributed by atoms with Crippen LogP contribution in [0.5, 0.6) is 40.6 Å². The van der Waals surface area contributed by atoms with Crippen LogP contribution in [0.1, 0.15) is 162 Å². The number of carboxylic acids is 1. The second-order valence-electron chi connectivity index (χ2n) is 21.5. The molecule has 3 heterocycles. The number of aromatic amines is 2. The van der Waals surface area contributed by atoms with Crippen molar-refractivity contribution in [2.24, 2.45) is 0 Å². The molecule has 94 heavy (non-hydrogen) atoms. The fourth-order valence-corrected chi connectivity index (χ4v) is 11.5. The minimum atomic E-state index is -4.81. The van der Waals surface area contributed by atoms with Gasteiger partial charge in [-0.15, -0.1) is 44.6 Å². The number of methoxy groups -OCH3 is 1. The van der Waals surface area contributed by atoms with Gasteiger partial charge in [-0.2, -0.15) is 0 Å². The van der Waals surface area contributed by atoms with E-state index in [0.717, 1.165) is 53.7 Å². The summed E-state index contributed by atoms with van der Waals surface area (Å²) in [5.41, 5.74) is 3.29. The molecular formula is C60H61Cl3F9N9O13. The largest absolute Gasteiger partial charge is 0.573 e. The fraction of sp³-hybridized carbons (Fsp3) is 0.450. The van der Waals surface area contributed by atoms with E-state index < -0.39 is 54.2 Å². The number of halogens is 12. The van der Waals surface area contributed by atoms with Gasteiger partial charge in [-0.25, -0.2) is 29.3 Å². The van der Waals surface area contributed by atoms with Crippen LogP contribution in [0.15, 0.2) is 78.9 Å². The molecule has 3 aromatic heterocycles. The normalized spacial score (nSPS) is 19.0. The highest BCUT2D eigenvalue weighted by Crippen LogP contribution is 2.43. The number of H-pyrrole nitrogens is 2. The van der Waals surface area contributed by atoms with Crippen LogP contribution in [-0.4, -0.2) is 127 Å². The van der Waals surface area contributed by atoms with E-state index in [1.54, 1.807) is 39.2 Å². The number of carbonyl (C=O) groups excluding carboxylic acids is 2. The number of carboxylic acid groups (broad SMARTS) is 1. The second-order valence-corrected chi connectivity index (χ2v) is 22.7. The van der Waals surface area contributed by atoms with Gasteiger partial charge in [0, 0.05) is 0 Å². The minimum Gasteiger partial charge on any atom is -0.497 e. The number of alkyl halides is 9. The van der Waals surface area contributed by atoms with E-state index in [2.05, 4.69) is 55.3 Å². The lowest BCUT2D eigenvalue weighted by Gasteiger charge is -2.29. The number of nitrogens with one attached hydrogen (secondary N) is 2. The van der Waals surface area contributed by atoms with Crippen molar-refractivity contribution in [2.75, 3.05) is 20.3 Å². The van der Waals surface area contributed by atoms with Crippen LogP contribution >= 0.6 is 34.8 Å². The third-order valence-electron chi connectivity index (χ3n) is 15.2. The minimum absolute atomic E-state index is 0.00882. The molecule has 0 unspecified atom stereocenters. The number of rotatable bonds is 20. The number of hydrogen-bond donors (Lipinski definition) is 3. The molecule has 22 nitrogen and oxygen atoms in total. The van der Waals surface area contributed by atoms with Gasteiger partial charge in [0.1, 0.15) is 41.3 Å². The van der Waals surface area contributed by atoms with Gasteiger partial charge in [-0.05, 0) is 179 Å². The average molecular weight is 1390 g/mol. The van der Waals surface area contributed by atoms with Crippen molar-refractivity contribution in [3.05, 3.63) is 133 Å². The van der Waals surface area contributed by atoms with Gasteiger partial charge < -0.3 is 47.7 Å². The Morgan fingerprint density at radius 2 is 0.915 bits per heavy atom.